The van der Waals surface area contributed by atoms with Gasteiger partial charge in [0.05, 0.1) is 17.6 Å². The first kappa shape index (κ1) is 28.0. The number of fused-ring (bicyclic) bond motifs is 2. The van der Waals surface area contributed by atoms with Crippen LogP contribution in [0.3, 0.4) is 0 Å². The first-order valence-corrected chi connectivity index (χ1v) is 13.1. The maximum atomic E-state index is 12.9. The van der Waals surface area contributed by atoms with Crippen LogP contribution in [0, 0.1) is 0 Å². The molecule has 208 valence electrons. The number of alkyl halides is 3. The molecule has 0 saturated carbocycles. The second kappa shape index (κ2) is 10.6. The highest BCUT2D eigenvalue weighted by atomic mass is 32.2. The number of carbonyl (C=O) groups is 1. The third kappa shape index (κ3) is 6.69. The summed E-state index contributed by atoms with van der Waals surface area (Å²) in [6, 6.07) is 12.4. The summed E-state index contributed by atoms with van der Waals surface area (Å²) in [7, 11) is -5.87. The fourth-order valence-electron chi connectivity index (χ4n) is 3.51. The molecule has 0 aliphatic heterocycles. The predicted octanol–water partition coefficient (Wildman–Crippen LogP) is 5.10. The molecule has 2 heterocycles. The number of alkyl carbamates (subject to hydrolysis) is 1. The van der Waals surface area contributed by atoms with Crippen LogP contribution in [0.1, 0.15) is 27.2 Å². The lowest BCUT2D eigenvalue weighted by Crippen LogP contribution is -2.33. The van der Waals surface area contributed by atoms with E-state index in [1.54, 1.807) is 61.7 Å². The third-order valence-electron chi connectivity index (χ3n) is 5.18. The maximum absolute atomic E-state index is 12.9. The van der Waals surface area contributed by atoms with Gasteiger partial charge in [0.1, 0.15) is 29.0 Å². The van der Waals surface area contributed by atoms with Crippen LogP contribution in [0.4, 0.5) is 18.0 Å². The molecule has 0 unspecified atom stereocenters. The smallest absolute Gasteiger partial charge is 0.493 e. The van der Waals surface area contributed by atoms with Crippen molar-refractivity contribution in [3.8, 4) is 17.3 Å². The molecular formula is C25H25F3N4O6S. The van der Waals surface area contributed by atoms with Crippen LogP contribution < -0.4 is 14.2 Å². The van der Waals surface area contributed by atoms with E-state index >= 15 is 0 Å². The molecule has 0 fully saturated rings. The van der Waals surface area contributed by atoms with Crippen molar-refractivity contribution in [2.75, 3.05) is 13.2 Å². The average Bonchev–Trinajstić information content (AvgIpc) is 3.25. The zero-order valence-corrected chi connectivity index (χ0v) is 22.0. The molecule has 2 aromatic carbocycles. The van der Waals surface area contributed by atoms with Gasteiger partial charge in [-0.05, 0) is 57.5 Å². The fraction of sp³-hybridized carbons (Fsp3) is 0.320. The van der Waals surface area contributed by atoms with Crippen LogP contribution in [0.2, 0.25) is 0 Å². The molecule has 2 aromatic heterocycles. The Morgan fingerprint density at radius 3 is 2.56 bits per heavy atom. The molecule has 0 saturated heterocycles. The van der Waals surface area contributed by atoms with E-state index in [1.807, 2.05) is 0 Å². The number of benzene rings is 2. The molecule has 0 bridgehead atoms. The second-order valence-electron chi connectivity index (χ2n) is 9.38. The van der Waals surface area contributed by atoms with Crippen LogP contribution in [0.15, 0.2) is 54.9 Å². The van der Waals surface area contributed by atoms with Crippen molar-refractivity contribution in [1.29, 1.82) is 0 Å². The van der Waals surface area contributed by atoms with Gasteiger partial charge < -0.3 is 19.0 Å². The quantitative estimate of drug-likeness (QED) is 0.178. The number of hydrogen-bond acceptors (Lipinski definition) is 8. The lowest BCUT2D eigenvalue weighted by Gasteiger charge is -2.19. The number of hydrogen-bond donors (Lipinski definition) is 1. The Labute approximate surface area is 221 Å². The Bertz CT molecular complexity index is 1610. The van der Waals surface area contributed by atoms with E-state index in [1.165, 1.54) is 12.4 Å². The largest absolute Gasteiger partial charge is 0.534 e. The summed E-state index contributed by atoms with van der Waals surface area (Å²) in [5.74, 6) is 0.282. The molecule has 10 nitrogen and oxygen atoms in total. The molecule has 0 aliphatic carbocycles. The van der Waals surface area contributed by atoms with E-state index in [0.29, 0.717) is 41.7 Å². The summed E-state index contributed by atoms with van der Waals surface area (Å²) in [4.78, 5) is 20.4. The van der Waals surface area contributed by atoms with Gasteiger partial charge in [0, 0.05) is 18.0 Å². The molecule has 0 atom stereocenters. The number of para-hydroxylation sites is 1. The first-order chi connectivity index (χ1) is 18.2. The Balaban J connectivity index is 1.48. The van der Waals surface area contributed by atoms with Crippen molar-refractivity contribution in [2.45, 2.75) is 38.3 Å². The maximum Gasteiger partial charge on any atom is 0.534 e. The number of nitrogens with one attached hydrogen (secondary N) is 1. The Kier molecular flexibility index (Phi) is 7.59. The zero-order chi connectivity index (χ0) is 28.4. The van der Waals surface area contributed by atoms with Crippen LogP contribution in [0.25, 0.3) is 27.8 Å². The van der Waals surface area contributed by atoms with E-state index in [-0.39, 0.29) is 11.3 Å². The second-order valence-corrected chi connectivity index (χ2v) is 10.9. The highest BCUT2D eigenvalue weighted by Crippen LogP contribution is 2.32. The monoisotopic (exact) mass is 566 g/mol. The SMILES string of the molecule is CC(C)(C)OC(=O)NCCCOc1ccc2c(c1)ncn2-c1ccc2cccc(OS(=O)(=O)C(F)(F)F)c2n1. The topological polar surface area (TPSA) is 122 Å². The lowest BCUT2D eigenvalue weighted by molar-refractivity contribution is -0.0499. The molecule has 14 heteroatoms. The number of ether oxygens (including phenoxy) is 2. The van der Waals surface area contributed by atoms with Crippen molar-refractivity contribution in [2.24, 2.45) is 0 Å². The van der Waals surface area contributed by atoms with Crippen molar-refractivity contribution >= 4 is 38.1 Å². The number of rotatable bonds is 8. The van der Waals surface area contributed by atoms with E-state index < -0.39 is 33.1 Å². The predicted molar refractivity (Wildman–Crippen MR) is 136 cm³/mol. The van der Waals surface area contributed by atoms with Crippen LogP contribution >= 0.6 is 0 Å². The standard InChI is InChI=1S/C25H25F3N4O6S/c1-24(2,3)37-23(33)29-12-5-13-36-17-9-10-19-18(14-17)30-15-32(19)21-11-8-16-6-4-7-20(22(16)31-21)38-39(34,35)25(26,27)28/h4,6-11,14-15H,5,12-13H2,1-3H3,(H,29,33). The van der Waals surface area contributed by atoms with E-state index in [2.05, 4.69) is 19.5 Å². The summed E-state index contributed by atoms with van der Waals surface area (Å²) in [6.07, 6.45) is 1.52. The zero-order valence-electron chi connectivity index (χ0n) is 21.2. The van der Waals surface area contributed by atoms with Gasteiger partial charge in [-0.2, -0.15) is 21.6 Å². The number of pyridine rings is 1. The Morgan fingerprint density at radius 2 is 1.85 bits per heavy atom. The number of halogens is 3. The molecule has 4 rings (SSSR count). The van der Waals surface area contributed by atoms with Crippen molar-refractivity contribution < 1.29 is 40.0 Å². The third-order valence-corrected chi connectivity index (χ3v) is 6.14. The Hall–Kier alpha value is -4.07. The number of imidazole rings is 1. The number of aromatic nitrogens is 3. The highest BCUT2D eigenvalue weighted by Gasteiger charge is 2.48. The molecule has 4 aromatic rings. The highest BCUT2D eigenvalue weighted by molar-refractivity contribution is 7.88. The Morgan fingerprint density at radius 1 is 1.08 bits per heavy atom. The minimum absolute atomic E-state index is 0.0652. The van der Waals surface area contributed by atoms with E-state index in [9.17, 15) is 26.4 Å². The summed E-state index contributed by atoms with van der Waals surface area (Å²) in [5.41, 5.74) is -5.04. The molecule has 1 N–H and O–H groups in total. The molecule has 0 radical (unpaired) electrons. The van der Waals surface area contributed by atoms with Gasteiger partial charge in [-0.25, -0.2) is 14.8 Å². The minimum atomic E-state index is -5.87. The van der Waals surface area contributed by atoms with E-state index in [0.717, 1.165) is 6.07 Å². The van der Waals surface area contributed by atoms with Crippen molar-refractivity contribution in [1.82, 2.24) is 19.9 Å². The average molecular weight is 567 g/mol. The van der Waals surface area contributed by atoms with Gasteiger partial charge in [0.25, 0.3) is 0 Å². The number of nitrogens with zero attached hydrogens (tertiary/aromatic N) is 3. The van der Waals surface area contributed by atoms with Crippen LogP contribution in [0.5, 0.6) is 11.5 Å². The van der Waals surface area contributed by atoms with Gasteiger partial charge in [-0.15, -0.1) is 0 Å². The minimum Gasteiger partial charge on any atom is -0.493 e. The first-order valence-electron chi connectivity index (χ1n) is 11.7. The van der Waals surface area contributed by atoms with Gasteiger partial charge in [0.15, 0.2) is 5.75 Å². The summed E-state index contributed by atoms with van der Waals surface area (Å²) in [5, 5.41) is 3.04. The van der Waals surface area contributed by atoms with Gasteiger partial charge in [-0.3, -0.25) is 4.57 Å². The van der Waals surface area contributed by atoms with Crippen LogP contribution in [-0.2, 0) is 14.9 Å². The summed E-state index contributed by atoms with van der Waals surface area (Å²) >= 11 is 0. The number of carbonyl (C=O) groups excluding carboxylic acids is 1. The van der Waals surface area contributed by atoms with Crippen LogP contribution in [-0.4, -0.2) is 53.3 Å². The molecular weight excluding hydrogens is 541 g/mol. The summed E-state index contributed by atoms with van der Waals surface area (Å²) in [6.45, 7) is 6.04. The normalized spacial score (nSPS) is 12.5. The molecule has 39 heavy (non-hydrogen) atoms. The van der Waals surface area contributed by atoms with Gasteiger partial charge in [-0.1, -0.05) is 12.1 Å². The molecule has 1 amide bonds. The molecule has 0 spiro atoms. The lowest BCUT2D eigenvalue weighted by atomic mass is 10.2. The van der Waals surface area contributed by atoms with Crippen molar-refractivity contribution in [3.63, 3.8) is 0 Å². The fourth-order valence-corrected chi connectivity index (χ4v) is 3.97. The van der Waals surface area contributed by atoms with Gasteiger partial charge in [0.2, 0.25) is 0 Å². The van der Waals surface area contributed by atoms with Crippen molar-refractivity contribution in [3.05, 3.63) is 54.9 Å². The van der Waals surface area contributed by atoms with Gasteiger partial charge >= 0.3 is 21.7 Å². The number of amides is 1. The van der Waals surface area contributed by atoms with E-state index in [4.69, 9.17) is 9.47 Å². The summed E-state index contributed by atoms with van der Waals surface area (Å²) < 4.78 is 78.5. The molecule has 0 aliphatic rings.